The first kappa shape index (κ1) is 11.2. The van der Waals surface area contributed by atoms with Gasteiger partial charge in [-0.3, -0.25) is 0 Å². The van der Waals surface area contributed by atoms with Gasteiger partial charge >= 0.3 is 0 Å². The average molecular weight is 217 g/mol. The summed E-state index contributed by atoms with van der Waals surface area (Å²) in [5.74, 6) is 0.123. The molecule has 0 aliphatic heterocycles. The number of aromatic nitrogens is 3. The van der Waals surface area contributed by atoms with Crippen LogP contribution in [0.1, 0.15) is 32.5 Å². The van der Waals surface area contributed by atoms with Crippen molar-refractivity contribution in [3.05, 3.63) is 11.9 Å². The van der Waals surface area contributed by atoms with E-state index in [4.69, 9.17) is 0 Å². The van der Waals surface area contributed by atoms with Gasteiger partial charge in [0.25, 0.3) is 0 Å². The lowest BCUT2D eigenvalue weighted by Gasteiger charge is -2.01. The van der Waals surface area contributed by atoms with E-state index >= 15 is 0 Å². The molecule has 14 heavy (non-hydrogen) atoms. The zero-order chi connectivity index (χ0) is 10.8. The van der Waals surface area contributed by atoms with E-state index in [0.29, 0.717) is 5.69 Å². The Kier molecular flexibility index (Phi) is 3.25. The minimum atomic E-state index is -3.00. The largest absolute Gasteiger partial charge is 0.250 e. The summed E-state index contributed by atoms with van der Waals surface area (Å²) < 4.78 is 24.2. The molecule has 0 bridgehead atoms. The molecule has 0 fully saturated rings. The molecule has 0 atom stereocenters. The maximum Gasteiger partial charge on any atom is 0.155 e. The number of rotatable bonds is 4. The first-order chi connectivity index (χ1) is 6.44. The third-order valence-electron chi connectivity index (χ3n) is 1.89. The molecule has 0 spiro atoms. The third kappa shape index (κ3) is 2.80. The van der Waals surface area contributed by atoms with Crippen LogP contribution in [0.25, 0.3) is 0 Å². The Morgan fingerprint density at radius 2 is 2.14 bits per heavy atom. The predicted octanol–water partition coefficient (Wildman–Crippen LogP) is 0.794. The minimum Gasteiger partial charge on any atom is -0.250 e. The van der Waals surface area contributed by atoms with E-state index in [9.17, 15) is 8.42 Å². The van der Waals surface area contributed by atoms with Gasteiger partial charge in [-0.05, 0) is 13.8 Å². The van der Waals surface area contributed by atoms with Crippen molar-refractivity contribution in [3.63, 3.8) is 0 Å². The second kappa shape index (κ2) is 4.08. The fourth-order valence-corrected chi connectivity index (χ4v) is 1.75. The molecule has 1 aromatic rings. The van der Waals surface area contributed by atoms with Crippen molar-refractivity contribution in [1.82, 2.24) is 15.0 Å². The molecule has 0 N–H and O–H groups in total. The Morgan fingerprint density at radius 1 is 1.50 bits per heavy atom. The van der Waals surface area contributed by atoms with Gasteiger partial charge in [0, 0.05) is 18.0 Å². The summed E-state index contributed by atoms with van der Waals surface area (Å²) in [6.07, 6.45) is 1.68. The van der Waals surface area contributed by atoms with E-state index in [2.05, 4.69) is 10.3 Å². The first-order valence-corrected chi connectivity index (χ1v) is 6.38. The van der Waals surface area contributed by atoms with Crippen molar-refractivity contribution < 1.29 is 8.42 Å². The Bertz CT molecular complexity index is 394. The molecular weight excluding hydrogens is 202 g/mol. The Morgan fingerprint density at radius 3 is 2.57 bits per heavy atom. The van der Waals surface area contributed by atoms with Crippen molar-refractivity contribution in [2.24, 2.45) is 0 Å². The fraction of sp³-hybridized carbons (Fsp3) is 0.750. The monoisotopic (exact) mass is 217 g/mol. The van der Waals surface area contributed by atoms with Crippen LogP contribution in [0.2, 0.25) is 0 Å². The van der Waals surface area contributed by atoms with Gasteiger partial charge in [0.2, 0.25) is 0 Å². The highest BCUT2D eigenvalue weighted by Gasteiger charge is 2.12. The molecule has 0 saturated carbocycles. The van der Waals surface area contributed by atoms with Crippen LogP contribution < -0.4 is 0 Å². The lowest BCUT2D eigenvalue weighted by molar-refractivity contribution is 0.514. The molecule has 5 nitrogen and oxygen atoms in total. The van der Waals surface area contributed by atoms with Crippen LogP contribution >= 0.6 is 0 Å². The molecule has 80 valence electrons. The van der Waals surface area contributed by atoms with E-state index < -0.39 is 9.84 Å². The maximum absolute atomic E-state index is 11.3. The second-order valence-corrected chi connectivity index (χ2v) is 5.81. The van der Waals surface area contributed by atoms with Gasteiger partial charge < -0.3 is 0 Å². The van der Waals surface area contributed by atoms with Crippen LogP contribution in [-0.2, 0) is 15.6 Å². The van der Waals surface area contributed by atoms with Crippen LogP contribution in [0.4, 0.5) is 0 Å². The number of hydrogen-bond acceptors (Lipinski definition) is 4. The van der Waals surface area contributed by atoms with Gasteiger partial charge in [-0.25, -0.2) is 13.1 Å². The summed E-state index contributed by atoms with van der Waals surface area (Å²) in [6, 6.07) is 0.209. The third-order valence-corrected chi connectivity index (χ3v) is 3.51. The lowest BCUT2D eigenvalue weighted by Crippen LogP contribution is -2.06. The highest BCUT2D eigenvalue weighted by atomic mass is 32.2. The van der Waals surface area contributed by atoms with Crippen molar-refractivity contribution in [3.8, 4) is 0 Å². The fourth-order valence-electron chi connectivity index (χ4n) is 0.959. The Labute approximate surface area is 84.0 Å². The Balaban J connectivity index is 2.79. The number of hydrogen-bond donors (Lipinski definition) is 0. The van der Waals surface area contributed by atoms with Gasteiger partial charge in [-0.1, -0.05) is 12.1 Å². The topological polar surface area (TPSA) is 64.8 Å². The molecule has 1 rings (SSSR count). The molecular formula is C8H15N3O2S. The van der Waals surface area contributed by atoms with Gasteiger partial charge in [0.15, 0.2) is 9.84 Å². The van der Waals surface area contributed by atoms with Gasteiger partial charge in [0.05, 0.1) is 11.4 Å². The molecule has 0 aliphatic carbocycles. The molecule has 0 saturated heterocycles. The summed E-state index contributed by atoms with van der Waals surface area (Å²) in [7, 11) is -3.00. The van der Waals surface area contributed by atoms with Crippen LogP contribution in [0, 0.1) is 0 Å². The summed E-state index contributed by atoms with van der Waals surface area (Å²) in [5, 5.41) is 7.64. The van der Waals surface area contributed by atoms with Crippen LogP contribution in [0.15, 0.2) is 6.20 Å². The molecule has 0 radical (unpaired) electrons. The average Bonchev–Trinajstić information content (AvgIpc) is 2.52. The van der Waals surface area contributed by atoms with Crippen molar-refractivity contribution in [1.29, 1.82) is 0 Å². The zero-order valence-electron chi connectivity index (χ0n) is 8.64. The smallest absolute Gasteiger partial charge is 0.155 e. The van der Waals surface area contributed by atoms with Crippen LogP contribution in [0.5, 0.6) is 0 Å². The molecule has 0 aliphatic rings. The SMILES string of the molecule is CCS(=O)(=O)Cc1cn(C(C)C)nn1. The minimum absolute atomic E-state index is 0.0176. The quantitative estimate of drug-likeness (QED) is 0.748. The van der Waals surface area contributed by atoms with Crippen LogP contribution in [-0.4, -0.2) is 29.2 Å². The Hall–Kier alpha value is -0.910. The van der Waals surface area contributed by atoms with E-state index in [1.165, 1.54) is 0 Å². The predicted molar refractivity (Wildman–Crippen MR) is 53.6 cm³/mol. The molecule has 0 amide bonds. The normalized spacial score (nSPS) is 12.3. The molecule has 0 aromatic carbocycles. The second-order valence-electron chi connectivity index (χ2n) is 3.46. The number of nitrogens with zero attached hydrogens (tertiary/aromatic N) is 3. The highest BCUT2D eigenvalue weighted by molar-refractivity contribution is 7.90. The summed E-state index contributed by atoms with van der Waals surface area (Å²) in [4.78, 5) is 0. The van der Waals surface area contributed by atoms with Crippen molar-refractivity contribution >= 4 is 9.84 Å². The number of sulfone groups is 1. The van der Waals surface area contributed by atoms with Gasteiger partial charge in [-0.2, -0.15) is 0 Å². The van der Waals surface area contributed by atoms with Crippen molar-refractivity contribution in [2.75, 3.05) is 5.75 Å². The van der Waals surface area contributed by atoms with Gasteiger partial charge in [0.1, 0.15) is 0 Å². The van der Waals surface area contributed by atoms with E-state index in [1.54, 1.807) is 17.8 Å². The van der Waals surface area contributed by atoms with Crippen molar-refractivity contribution in [2.45, 2.75) is 32.6 Å². The molecule has 1 aromatic heterocycles. The highest BCUT2D eigenvalue weighted by Crippen LogP contribution is 2.06. The maximum atomic E-state index is 11.3. The van der Waals surface area contributed by atoms with Gasteiger partial charge in [-0.15, -0.1) is 5.10 Å². The molecule has 6 heteroatoms. The summed E-state index contributed by atoms with van der Waals surface area (Å²) in [5.41, 5.74) is 0.514. The molecule has 1 heterocycles. The van der Waals surface area contributed by atoms with E-state index in [1.807, 2.05) is 13.8 Å². The van der Waals surface area contributed by atoms with E-state index in [-0.39, 0.29) is 17.5 Å². The van der Waals surface area contributed by atoms with E-state index in [0.717, 1.165) is 0 Å². The van der Waals surface area contributed by atoms with Crippen LogP contribution in [0.3, 0.4) is 0 Å². The zero-order valence-corrected chi connectivity index (χ0v) is 9.45. The summed E-state index contributed by atoms with van der Waals surface area (Å²) >= 11 is 0. The first-order valence-electron chi connectivity index (χ1n) is 4.55. The lowest BCUT2D eigenvalue weighted by atomic mass is 10.4. The standard InChI is InChI=1S/C8H15N3O2S/c1-4-14(12,13)6-8-5-11(7(2)3)10-9-8/h5,7H,4,6H2,1-3H3. The summed E-state index contributed by atoms with van der Waals surface area (Å²) in [6.45, 7) is 5.56. The molecule has 0 unspecified atom stereocenters.